The summed E-state index contributed by atoms with van der Waals surface area (Å²) in [5.74, 6) is 0.237. The van der Waals surface area contributed by atoms with Crippen LogP contribution in [0.15, 0.2) is 52.1 Å². The second kappa shape index (κ2) is 10.1. The number of halogens is 1. The molecule has 0 saturated heterocycles. The van der Waals surface area contributed by atoms with Crippen molar-refractivity contribution in [1.82, 2.24) is 4.98 Å². The summed E-state index contributed by atoms with van der Waals surface area (Å²) in [7, 11) is -2.90. The fourth-order valence-electron chi connectivity index (χ4n) is 4.01. The Kier molecular flexibility index (Phi) is 7.11. The van der Waals surface area contributed by atoms with Gasteiger partial charge in [0.2, 0.25) is 5.09 Å². The molecule has 1 aliphatic carbocycles. The second-order valence-electron chi connectivity index (χ2n) is 8.44. The molecular formula is C25H27FN2O6S. The van der Waals surface area contributed by atoms with Gasteiger partial charge in [-0.3, -0.25) is 9.29 Å². The van der Waals surface area contributed by atoms with E-state index in [1.165, 1.54) is 26.3 Å². The van der Waals surface area contributed by atoms with Crippen molar-refractivity contribution in [3.63, 3.8) is 0 Å². The Bertz CT molecular complexity index is 1320. The molecule has 0 N–H and O–H groups in total. The van der Waals surface area contributed by atoms with E-state index in [4.69, 9.17) is 9.15 Å². The van der Waals surface area contributed by atoms with Gasteiger partial charge in [-0.05, 0) is 80.6 Å². The van der Waals surface area contributed by atoms with E-state index in [-0.39, 0.29) is 17.4 Å². The van der Waals surface area contributed by atoms with Crippen LogP contribution < -0.4 is 9.04 Å². The molecule has 0 bridgehead atoms. The fourth-order valence-corrected chi connectivity index (χ4v) is 5.51. The first kappa shape index (κ1) is 24.7. The quantitative estimate of drug-likeness (QED) is 0.400. The minimum absolute atomic E-state index is 0.0200. The number of methoxy groups -OCH3 is 1. The number of aromatic nitrogens is 1. The highest BCUT2D eigenvalue weighted by Crippen LogP contribution is 2.39. The van der Waals surface area contributed by atoms with Crippen LogP contribution in [0.5, 0.6) is 5.75 Å². The first-order valence-electron chi connectivity index (χ1n) is 11.2. The van der Waals surface area contributed by atoms with Crippen molar-refractivity contribution in [1.29, 1.82) is 0 Å². The number of sulfonamides is 1. The van der Waals surface area contributed by atoms with E-state index in [0.717, 1.165) is 34.7 Å². The Morgan fingerprint density at radius 2 is 1.94 bits per heavy atom. The van der Waals surface area contributed by atoms with Gasteiger partial charge in [0.25, 0.3) is 10.0 Å². The average Bonchev–Trinajstić information content (AvgIpc) is 3.49. The maximum Gasteiger partial charge on any atom is 0.339 e. The van der Waals surface area contributed by atoms with Crippen molar-refractivity contribution in [3.8, 4) is 5.75 Å². The molecule has 2 aromatic heterocycles. The minimum Gasteiger partial charge on any atom is -0.485 e. The standard InChI is InChI=1S/C25H27FN2O6S/c1-16(26)14-28(35(30,31)24-10-7-17(2)34-24)22-11-18-5-4-6-19(18)12-23(22)33-15-21-9-8-20(13-27-21)25(29)32-3/h7-13,16H,4-6,14-15H2,1-3H3. The molecule has 186 valence electrons. The lowest BCUT2D eigenvalue weighted by molar-refractivity contribution is 0.0600. The van der Waals surface area contributed by atoms with E-state index < -0.39 is 28.7 Å². The van der Waals surface area contributed by atoms with Crippen molar-refractivity contribution in [2.75, 3.05) is 18.0 Å². The SMILES string of the molecule is COC(=O)c1ccc(COc2cc3c(cc2N(CC(C)F)S(=O)(=O)c2ccc(C)o2)CCC3)nc1. The summed E-state index contributed by atoms with van der Waals surface area (Å²) >= 11 is 0. The van der Waals surface area contributed by atoms with Crippen LogP contribution in [0.2, 0.25) is 0 Å². The zero-order chi connectivity index (χ0) is 25.2. The monoisotopic (exact) mass is 502 g/mol. The molecule has 1 aromatic carbocycles. The third-order valence-electron chi connectivity index (χ3n) is 5.74. The number of nitrogens with zero attached hydrogens (tertiary/aromatic N) is 2. The van der Waals surface area contributed by atoms with Gasteiger partial charge in [-0.1, -0.05) is 0 Å². The summed E-state index contributed by atoms with van der Waals surface area (Å²) in [6.07, 6.45) is 2.54. The van der Waals surface area contributed by atoms with Gasteiger partial charge < -0.3 is 13.9 Å². The molecule has 1 unspecified atom stereocenters. The molecule has 4 rings (SSSR count). The van der Waals surface area contributed by atoms with Crippen LogP contribution in [0.1, 0.15) is 46.3 Å². The molecule has 0 saturated carbocycles. The van der Waals surface area contributed by atoms with E-state index in [1.54, 1.807) is 31.2 Å². The molecule has 10 heteroatoms. The number of ether oxygens (including phenoxy) is 2. The molecule has 2 heterocycles. The van der Waals surface area contributed by atoms with Crippen LogP contribution in [0.25, 0.3) is 0 Å². The van der Waals surface area contributed by atoms with E-state index >= 15 is 0 Å². The Labute approximate surface area is 203 Å². The predicted octanol–water partition coefficient (Wildman–Crippen LogP) is 4.39. The van der Waals surface area contributed by atoms with Gasteiger partial charge in [0, 0.05) is 6.20 Å². The number of aryl methyl sites for hydroxylation is 3. The normalized spacial score (nSPS) is 13.8. The van der Waals surface area contributed by atoms with Gasteiger partial charge in [-0.2, -0.15) is 8.42 Å². The van der Waals surface area contributed by atoms with Crippen LogP contribution in [0, 0.1) is 6.92 Å². The summed E-state index contributed by atoms with van der Waals surface area (Å²) < 4.78 is 58.4. The lowest BCUT2D eigenvalue weighted by Crippen LogP contribution is -2.35. The van der Waals surface area contributed by atoms with Crippen molar-refractivity contribution in [2.24, 2.45) is 0 Å². The van der Waals surface area contributed by atoms with Gasteiger partial charge in [0.15, 0.2) is 0 Å². The third kappa shape index (κ3) is 5.32. The number of pyridine rings is 1. The lowest BCUT2D eigenvalue weighted by Gasteiger charge is -2.27. The molecule has 8 nitrogen and oxygen atoms in total. The van der Waals surface area contributed by atoms with E-state index in [2.05, 4.69) is 9.72 Å². The molecule has 3 aromatic rings. The molecule has 35 heavy (non-hydrogen) atoms. The van der Waals surface area contributed by atoms with Gasteiger partial charge in [0.05, 0.1) is 30.6 Å². The number of esters is 1. The number of furan rings is 1. The van der Waals surface area contributed by atoms with Crippen LogP contribution in [-0.2, 0) is 34.2 Å². The zero-order valence-electron chi connectivity index (χ0n) is 19.8. The number of carbonyl (C=O) groups is 1. The Balaban J connectivity index is 1.70. The molecule has 1 atom stereocenters. The third-order valence-corrected chi connectivity index (χ3v) is 7.39. The number of hydrogen-bond donors (Lipinski definition) is 0. The Hall–Kier alpha value is -3.40. The lowest BCUT2D eigenvalue weighted by atomic mass is 10.1. The highest BCUT2D eigenvalue weighted by atomic mass is 32.2. The van der Waals surface area contributed by atoms with Crippen molar-refractivity contribution < 1.29 is 31.5 Å². The highest BCUT2D eigenvalue weighted by molar-refractivity contribution is 7.92. The topological polar surface area (TPSA) is 98.9 Å². The maximum atomic E-state index is 14.3. The van der Waals surface area contributed by atoms with Crippen molar-refractivity contribution >= 4 is 21.7 Å². The summed E-state index contributed by atoms with van der Waals surface area (Å²) in [5.41, 5.74) is 3.15. The molecule has 0 radical (unpaired) electrons. The average molecular weight is 503 g/mol. The molecule has 0 aliphatic heterocycles. The number of benzene rings is 1. The van der Waals surface area contributed by atoms with Crippen LogP contribution in [0.3, 0.4) is 0 Å². The smallest absolute Gasteiger partial charge is 0.339 e. The zero-order valence-corrected chi connectivity index (χ0v) is 20.6. The van der Waals surface area contributed by atoms with Crippen molar-refractivity contribution in [2.45, 2.75) is 51.0 Å². The van der Waals surface area contributed by atoms with Crippen LogP contribution in [0.4, 0.5) is 10.1 Å². The molecular weight excluding hydrogens is 475 g/mol. The van der Waals surface area contributed by atoms with E-state index in [1.807, 2.05) is 6.07 Å². The van der Waals surface area contributed by atoms with Crippen LogP contribution in [-0.4, -0.2) is 39.2 Å². The van der Waals surface area contributed by atoms with E-state index in [0.29, 0.717) is 22.8 Å². The Morgan fingerprint density at radius 1 is 1.20 bits per heavy atom. The number of carbonyl (C=O) groups excluding carboxylic acids is 1. The first-order chi connectivity index (χ1) is 16.7. The second-order valence-corrected chi connectivity index (χ2v) is 10.2. The molecule has 0 fully saturated rings. The number of fused-ring (bicyclic) bond motifs is 1. The molecule has 0 amide bonds. The fraction of sp³-hybridized carbons (Fsp3) is 0.360. The van der Waals surface area contributed by atoms with E-state index in [9.17, 15) is 17.6 Å². The number of anilines is 1. The van der Waals surface area contributed by atoms with Crippen LogP contribution >= 0.6 is 0 Å². The molecule has 1 aliphatic rings. The highest BCUT2D eigenvalue weighted by Gasteiger charge is 2.32. The number of alkyl halides is 1. The largest absolute Gasteiger partial charge is 0.485 e. The van der Waals surface area contributed by atoms with Gasteiger partial charge in [-0.15, -0.1) is 0 Å². The summed E-state index contributed by atoms with van der Waals surface area (Å²) in [4.78, 5) is 15.9. The van der Waals surface area contributed by atoms with Gasteiger partial charge >= 0.3 is 5.97 Å². The summed E-state index contributed by atoms with van der Waals surface area (Å²) in [5, 5.41) is -0.262. The van der Waals surface area contributed by atoms with Gasteiger partial charge in [0.1, 0.15) is 24.3 Å². The van der Waals surface area contributed by atoms with Crippen molar-refractivity contribution in [3.05, 3.63) is 70.7 Å². The van der Waals surface area contributed by atoms with Gasteiger partial charge in [-0.25, -0.2) is 9.18 Å². The first-order valence-corrected chi connectivity index (χ1v) is 12.7. The predicted molar refractivity (Wildman–Crippen MR) is 127 cm³/mol. The Morgan fingerprint density at radius 3 is 2.54 bits per heavy atom. The minimum atomic E-state index is -4.19. The number of hydrogen-bond acceptors (Lipinski definition) is 7. The summed E-state index contributed by atoms with van der Waals surface area (Å²) in [6, 6.07) is 9.69. The summed E-state index contributed by atoms with van der Waals surface area (Å²) in [6.45, 7) is 2.57. The number of rotatable bonds is 9. The molecule has 0 spiro atoms. The maximum absolute atomic E-state index is 14.3.